The van der Waals surface area contributed by atoms with Crippen LogP contribution in [0.25, 0.3) is 11.5 Å². The quantitative estimate of drug-likeness (QED) is 0.735. The maximum atomic E-state index is 5.88. The van der Waals surface area contributed by atoms with Gasteiger partial charge in [0.2, 0.25) is 0 Å². The van der Waals surface area contributed by atoms with Crippen molar-refractivity contribution in [2.75, 3.05) is 0 Å². The Labute approximate surface area is 115 Å². The molecule has 0 atom stereocenters. The van der Waals surface area contributed by atoms with Gasteiger partial charge in [-0.1, -0.05) is 23.7 Å². The highest BCUT2D eigenvalue weighted by Gasteiger charge is 2.07. The van der Waals surface area contributed by atoms with E-state index in [-0.39, 0.29) is 0 Å². The monoisotopic (exact) mass is 270 g/mol. The first kappa shape index (κ1) is 11.9. The molecule has 0 bridgehead atoms. The maximum Gasteiger partial charge on any atom is 0.160 e. The molecule has 3 rings (SSSR count). The minimum absolute atomic E-state index is 0.725. The third-order valence-electron chi connectivity index (χ3n) is 2.77. The summed E-state index contributed by atoms with van der Waals surface area (Å²) >= 11 is 5.88. The average molecular weight is 271 g/mol. The molecule has 0 aliphatic heterocycles. The Hall–Kier alpha value is -2.20. The summed E-state index contributed by atoms with van der Waals surface area (Å²) in [7, 11) is 0. The second-order valence-corrected chi connectivity index (χ2v) is 4.53. The summed E-state index contributed by atoms with van der Waals surface area (Å²) in [6, 6.07) is 7.77. The first-order valence-electron chi connectivity index (χ1n) is 5.85. The standard InChI is InChI=1S/C14H11ClN4/c15-12-3-1-11(2-4-12)10-19-8-7-18-14(19)13-9-16-5-6-17-13/h1-9H,10H2. The lowest BCUT2D eigenvalue weighted by molar-refractivity contribution is 0.803. The maximum absolute atomic E-state index is 5.88. The third kappa shape index (κ3) is 2.63. The van der Waals surface area contributed by atoms with Crippen molar-refractivity contribution in [1.29, 1.82) is 0 Å². The second-order valence-electron chi connectivity index (χ2n) is 4.10. The van der Waals surface area contributed by atoms with Crippen LogP contribution in [0.4, 0.5) is 0 Å². The Kier molecular flexibility index (Phi) is 3.25. The van der Waals surface area contributed by atoms with Crippen molar-refractivity contribution in [3.05, 3.63) is 65.8 Å². The summed E-state index contributed by atoms with van der Waals surface area (Å²) in [6.07, 6.45) is 8.71. The summed E-state index contributed by atoms with van der Waals surface area (Å²) in [4.78, 5) is 12.7. The molecule has 2 aromatic heterocycles. The Morgan fingerprint density at radius 1 is 1.00 bits per heavy atom. The van der Waals surface area contributed by atoms with Crippen LogP contribution in [0, 0.1) is 0 Å². The molecule has 3 aromatic rings. The van der Waals surface area contributed by atoms with Crippen LogP contribution in [0.3, 0.4) is 0 Å². The van der Waals surface area contributed by atoms with Gasteiger partial charge in [-0.2, -0.15) is 0 Å². The number of halogens is 1. The van der Waals surface area contributed by atoms with Gasteiger partial charge in [0.1, 0.15) is 5.69 Å². The van der Waals surface area contributed by atoms with Crippen molar-refractivity contribution in [3.63, 3.8) is 0 Å². The van der Waals surface area contributed by atoms with Crippen molar-refractivity contribution in [1.82, 2.24) is 19.5 Å². The summed E-state index contributed by atoms with van der Waals surface area (Å²) in [5, 5.41) is 0.739. The molecule has 0 aliphatic carbocycles. The predicted molar refractivity (Wildman–Crippen MR) is 73.8 cm³/mol. The molecule has 2 heterocycles. The minimum atomic E-state index is 0.725. The number of rotatable bonds is 3. The Bertz CT molecular complexity index is 661. The summed E-state index contributed by atoms with van der Waals surface area (Å²) in [6.45, 7) is 0.725. The number of imidazole rings is 1. The fourth-order valence-corrected chi connectivity index (χ4v) is 2.00. The molecular weight excluding hydrogens is 260 g/mol. The van der Waals surface area contributed by atoms with E-state index >= 15 is 0 Å². The van der Waals surface area contributed by atoms with Gasteiger partial charge < -0.3 is 4.57 Å². The van der Waals surface area contributed by atoms with E-state index in [2.05, 4.69) is 15.0 Å². The van der Waals surface area contributed by atoms with Crippen LogP contribution >= 0.6 is 11.6 Å². The van der Waals surface area contributed by atoms with Crippen molar-refractivity contribution >= 4 is 11.6 Å². The summed E-state index contributed by atoms with van der Waals surface area (Å²) in [5.41, 5.74) is 1.93. The van der Waals surface area contributed by atoms with Crippen LogP contribution in [0.5, 0.6) is 0 Å². The number of aromatic nitrogens is 4. The molecule has 0 saturated carbocycles. The lowest BCUT2D eigenvalue weighted by Crippen LogP contribution is -2.02. The van der Waals surface area contributed by atoms with Crippen molar-refractivity contribution < 1.29 is 0 Å². The fraction of sp³-hybridized carbons (Fsp3) is 0.0714. The molecule has 0 saturated heterocycles. The van der Waals surface area contributed by atoms with Gasteiger partial charge in [0.25, 0.3) is 0 Å². The van der Waals surface area contributed by atoms with E-state index < -0.39 is 0 Å². The highest BCUT2D eigenvalue weighted by Crippen LogP contribution is 2.16. The van der Waals surface area contributed by atoms with Crippen LogP contribution in [0.2, 0.25) is 5.02 Å². The average Bonchev–Trinajstić information content (AvgIpc) is 2.90. The molecule has 0 unspecified atom stereocenters. The molecule has 19 heavy (non-hydrogen) atoms. The number of hydrogen-bond acceptors (Lipinski definition) is 3. The Balaban J connectivity index is 1.91. The molecule has 0 N–H and O–H groups in total. The molecule has 94 valence electrons. The van der Waals surface area contributed by atoms with E-state index in [1.807, 2.05) is 35.0 Å². The zero-order valence-corrected chi connectivity index (χ0v) is 10.8. The zero-order valence-electron chi connectivity index (χ0n) is 10.1. The first-order chi connectivity index (χ1) is 9.33. The Morgan fingerprint density at radius 3 is 2.58 bits per heavy atom. The molecule has 0 aliphatic rings. The number of nitrogens with zero attached hydrogens (tertiary/aromatic N) is 4. The van der Waals surface area contributed by atoms with Gasteiger partial charge in [0.05, 0.1) is 6.20 Å². The summed E-state index contributed by atoms with van der Waals surface area (Å²) < 4.78 is 2.03. The SMILES string of the molecule is Clc1ccc(Cn2ccnc2-c2cnccn2)cc1. The van der Waals surface area contributed by atoms with E-state index in [0.717, 1.165) is 28.6 Å². The Morgan fingerprint density at radius 2 is 1.84 bits per heavy atom. The van der Waals surface area contributed by atoms with E-state index in [9.17, 15) is 0 Å². The van der Waals surface area contributed by atoms with Crippen LogP contribution in [0.1, 0.15) is 5.56 Å². The topological polar surface area (TPSA) is 43.6 Å². The second kappa shape index (κ2) is 5.20. The van der Waals surface area contributed by atoms with E-state index in [1.165, 1.54) is 0 Å². The van der Waals surface area contributed by atoms with Gasteiger partial charge in [-0.15, -0.1) is 0 Å². The van der Waals surface area contributed by atoms with Crippen LogP contribution < -0.4 is 0 Å². The molecule has 5 heteroatoms. The first-order valence-corrected chi connectivity index (χ1v) is 6.23. The van der Waals surface area contributed by atoms with Crippen LogP contribution in [-0.4, -0.2) is 19.5 Å². The number of benzene rings is 1. The van der Waals surface area contributed by atoms with Crippen molar-refractivity contribution in [3.8, 4) is 11.5 Å². The van der Waals surface area contributed by atoms with Crippen LogP contribution in [0.15, 0.2) is 55.2 Å². The van der Waals surface area contributed by atoms with Gasteiger partial charge in [0.15, 0.2) is 5.82 Å². The normalized spacial score (nSPS) is 10.6. The molecular formula is C14H11ClN4. The smallest absolute Gasteiger partial charge is 0.160 e. The van der Waals surface area contributed by atoms with Crippen molar-refractivity contribution in [2.45, 2.75) is 6.54 Å². The van der Waals surface area contributed by atoms with Gasteiger partial charge in [-0.25, -0.2) is 9.97 Å². The minimum Gasteiger partial charge on any atom is -0.325 e. The molecule has 4 nitrogen and oxygen atoms in total. The molecule has 0 spiro atoms. The van der Waals surface area contributed by atoms with Gasteiger partial charge >= 0.3 is 0 Å². The third-order valence-corrected chi connectivity index (χ3v) is 3.03. The molecule has 0 amide bonds. The van der Waals surface area contributed by atoms with E-state index in [4.69, 9.17) is 11.6 Å². The highest BCUT2D eigenvalue weighted by atomic mass is 35.5. The molecule has 0 radical (unpaired) electrons. The van der Waals surface area contributed by atoms with E-state index in [1.54, 1.807) is 24.8 Å². The van der Waals surface area contributed by atoms with Crippen molar-refractivity contribution in [2.24, 2.45) is 0 Å². The molecule has 1 aromatic carbocycles. The van der Waals surface area contributed by atoms with Gasteiger partial charge in [-0.05, 0) is 17.7 Å². The lowest BCUT2D eigenvalue weighted by Gasteiger charge is -2.07. The largest absolute Gasteiger partial charge is 0.325 e. The molecule has 0 fully saturated rings. The number of hydrogen-bond donors (Lipinski definition) is 0. The predicted octanol–water partition coefficient (Wildman–Crippen LogP) is 3.04. The zero-order chi connectivity index (χ0) is 13.1. The van der Waals surface area contributed by atoms with Gasteiger partial charge in [0, 0.05) is 36.4 Å². The lowest BCUT2D eigenvalue weighted by atomic mass is 10.2. The fourth-order valence-electron chi connectivity index (χ4n) is 1.87. The van der Waals surface area contributed by atoms with Gasteiger partial charge in [-0.3, -0.25) is 4.98 Å². The van der Waals surface area contributed by atoms with E-state index in [0.29, 0.717) is 0 Å². The highest BCUT2D eigenvalue weighted by molar-refractivity contribution is 6.30. The summed E-state index contributed by atoms with van der Waals surface area (Å²) in [5.74, 6) is 0.808. The van der Waals surface area contributed by atoms with Crippen LogP contribution in [-0.2, 0) is 6.54 Å².